The van der Waals surface area contributed by atoms with E-state index in [1.54, 1.807) is 0 Å². The number of rotatable bonds is 6. The molecule has 0 aliphatic rings. The van der Waals surface area contributed by atoms with E-state index >= 15 is 0 Å². The number of benzene rings is 1. The van der Waals surface area contributed by atoms with Crippen molar-refractivity contribution in [2.45, 2.75) is 45.6 Å². The van der Waals surface area contributed by atoms with Gasteiger partial charge in [-0.3, -0.25) is 4.79 Å². The van der Waals surface area contributed by atoms with E-state index in [1.807, 2.05) is 26.0 Å². The highest BCUT2D eigenvalue weighted by atomic mass is 79.9. The first-order chi connectivity index (χ1) is 9.27. The lowest BCUT2D eigenvalue weighted by atomic mass is 9.84. The number of hydrogen-bond acceptors (Lipinski definition) is 2. The molecule has 1 amide bonds. The molecule has 0 heterocycles. The number of hydrogen-bond donors (Lipinski definition) is 2. The molecular weight excluding hydrogens is 352 g/mol. The molecule has 1 aromatic rings. The van der Waals surface area contributed by atoms with Crippen molar-refractivity contribution in [3.05, 3.63) is 34.3 Å². The largest absolute Gasteiger partial charge is 0.354 e. The molecule has 2 unspecified atom stereocenters. The van der Waals surface area contributed by atoms with Gasteiger partial charge in [-0.15, -0.1) is 12.4 Å². The highest BCUT2D eigenvalue weighted by molar-refractivity contribution is 9.10. The summed E-state index contributed by atoms with van der Waals surface area (Å²) >= 11 is 3.48. The van der Waals surface area contributed by atoms with Crippen LogP contribution in [0.15, 0.2) is 28.7 Å². The average Bonchev–Trinajstić information content (AvgIpc) is 2.43. The number of halogens is 2. The van der Waals surface area contributed by atoms with E-state index in [2.05, 4.69) is 47.2 Å². The molecule has 1 aromatic carbocycles. The second-order valence-corrected chi connectivity index (χ2v) is 6.94. The molecule has 0 spiro atoms. The van der Waals surface area contributed by atoms with Crippen LogP contribution in [0.4, 0.5) is 0 Å². The first kappa shape index (κ1) is 20.4. The van der Waals surface area contributed by atoms with Gasteiger partial charge in [0.05, 0.1) is 6.04 Å². The van der Waals surface area contributed by atoms with Crippen LogP contribution >= 0.6 is 28.3 Å². The van der Waals surface area contributed by atoms with E-state index in [-0.39, 0.29) is 29.6 Å². The maximum absolute atomic E-state index is 12.0. The summed E-state index contributed by atoms with van der Waals surface area (Å²) in [4.78, 5) is 12.0. The number of nitrogens with one attached hydrogen (secondary N) is 1. The minimum absolute atomic E-state index is 0. The van der Waals surface area contributed by atoms with E-state index < -0.39 is 6.04 Å². The molecule has 0 aliphatic carbocycles. The molecule has 120 valence electrons. The Morgan fingerprint density at radius 1 is 1.43 bits per heavy atom. The molecule has 0 fully saturated rings. The van der Waals surface area contributed by atoms with Crippen LogP contribution in [0.5, 0.6) is 0 Å². The zero-order valence-electron chi connectivity index (χ0n) is 13.2. The van der Waals surface area contributed by atoms with E-state index in [0.717, 1.165) is 10.9 Å². The van der Waals surface area contributed by atoms with Crippen LogP contribution in [0.2, 0.25) is 0 Å². The normalized spacial score (nSPS) is 14.0. The third-order valence-electron chi connectivity index (χ3n) is 3.87. The van der Waals surface area contributed by atoms with Crippen LogP contribution in [0.3, 0.4) is 0 Å². The minimum Gasteiger partial charge on any atom is -0.354 e. The van der Waals surface area contributed by atoms with Gasteiger partial charge in [-0.1, -0.05) is 62.2 Å². The topological polar surface area (TPSA) is 55.1 Å². The van der Waals surface area contributed by atoms with E-state index in [4.69, 9.17) is 5.73 Å². The monoisotopic (exact) mass is 376 g/mol. The van der Waals surface area contributed by atoms with Crippen LogP contribution < -0.4 is 11.1 Å². The summed E-state index contributed by atoms with van der Waals surface area (Å²) in [6, 6.07) is 7.73. The fourth-order valence-electron chi connectivity index (χ4n) is 1.95. The van der Waals surface area contributed by atoms with E-state index in [0.29, 0.717) is 6.54 Å². The number of carbonyl (C=O) groups is 1. The van der Waals surface area contributed by atoms with Crippen LogP contribution in [-0.2, 0) is 10.2 Å². The summed E-state index contributed by atoms with van der Waals surface area (Å²) < 4.78 is 1.05. The van der Waals surface area contributed by atoms with Crippen molar-refractivity contribution in [2.75, 3.05) is 6.54 Å². The Balaban J connectivity index is 0.00000400. The van der Waals surface area contributed by atoms with Crippen molar-refractivity contribution in [2.24, 2.45) is 11.7 Å². The lowest BCUT2D eigenvalue weighted by molar-refractivity contribution is -0.123. The van der Waals surface area contributed by atoms with E-state index in [9.17, 15) is 4.79 Å². The lowest BCUT2D eigenvalue weighted by Gasteiger charge is -2.27. The van der Waals surface area contributed by atoms with Gasteiger partial charge in [0, 0.05) is 16.4 Å². The van der Waals surface area contributed by atoms with Gasteiger partial charge in [0.15, 0.2) is 0 Å². The Labute approximate surface area is 142 Å². The molecule has 3 nitrogen and oxygen atoms in total. The van der Waals surface area contributed by atoms with Crippen molar-refractivity contribution in [3.8, 4) is 0 Å². The van der Waals surface area contributed by atoms with Gasteiger partial charge in [0.25, 0.3) is 0 Å². The van der Waals surface area contributed by atoms with Crippen LogP contribution in [0.1, 0.15) is 39.7 Å². The fourth-order valence-corrected chi connectivity index (χ4v) is 2.35. The maximum Gasteiger partial charge on any atom is 0.237 e. The third-order valence-corrected chi connectivity index (χ3v) is 4.36. The second-order valence-electron chi connectivity index (χ2n) is 6.02. The van der Waals surface area contributed by atoms with Gasteiger partial charge in [0.2, 0.25) is 5.91 Å². The predicted octanol–water partition coefficient (Wildman–Crippen LogP) is 3.64. The van der Waals surface area contributed by atoms with Gasteiger partial charge < -0.3 is 11.1 Å². The Morgan fingerprint density at radius 2 is 2.05 bits per heavy atom. The summed E-state index contributed by atoms with van der Waals surface area (Å²) in [5, 5.41) is 2.98. The van der Waals surface area contributed by atoms with Gasteiger partial charge >= 0.3 is 0 Å². The zero-order valence-corrected chi connectivity index (χ0v) is 15.6. The zero-order chi connectivity index (χ0) is 15.3. The summed E-state index contributed by atoms with van der Waals surface area (Å²) in [6.45, 7) is 8.85. The predicted molar refractivity (Wildman–Crippen MR) is 94.9 cm³/mol. The quantitative estimate of drug-likeness (QED) is 0.795. The van der Waals surface area contributed by atoms with Gasteiger partial charge in [-0.2, -0.15) is 0 Å². The number of carbonyl (C=O) groups excluding carboxylic acids is 1. The summed E-state index contributed by atoms with van der Waals surface area (Å²) in [5.74, 6) is 0.131. The fraction of sp³-hybridized carbons (Fsp3) is 0.562. The summed E-state index contributed by atoms with van der Waals surface area (Å²) in [5.41, 5.74) is 7.00. The molecule has 3 N–H and O–H groups in total. The van der Waals surface area contributed by atoms with E-state index in [1.165, 1.54) is 5.56 Å². The van der Waals surface area contributed by atoms with Crippen LogP contribution in [0, 0.1) is 5.92 Å². The molecule has 0 saturated heterocycles. The van der Waals surface area contributed by atoms with Gasteiger partial charge in [0.1, 0.15) is 0 Å². The summed E-state index contributed by atoms with van der Waals surface area (Å²) in [6.07, 6.45) is 0.906. The Kier molecular flexibility index (Phi) is 8.52. The smallest absolute Gasteiger partial charge is 0.237 e. The minimum atomic E-state index is -0.432. The molecule has 5 heteroatoms. The molecule has 0 aliphatic heterocycles. The average molecular weight is 378 g/mol. The third kappa shape index (κ3) is 5.97. The van der Waals surface area contributed by atoms with Crippen molar-refractivity contribution in [1.82, 2.24) is 5.32 Å². The SMILES string of the molecule is CCC(C)C(N)C(=O)NCC(C)(C)c1cccc(Br)c1.Cl. The highest BCUT2D eigenvalue weighted by Crippen LogP contribution is 2.25. The highest BCUT2D eigenvalue weighted by Gasteiger charge is 2.24. The first-order valence-corrected chi connectivity index (χ1v) is 7.86. The van der Waals surface area contributed by atoms with Crippen molar-refractivity contribution in [1.29, 1.82) is 0 Å². The standard InChI is InChI=1S/C16H25BrN2O.ClH/c1-5-11(2)14(18)15(20)19-10-16(3,4)12-7-6-8-13(17)9-12;/h6-9,11,14H,5,10,18H2,1-4H3,(H,19,20);1H. The molecule has 1 rings (SSSR count). The number of amides is 1. The second kappa shape index (κ2) is 8.76. The maximum atomic E-state index is 12.0. The Morgan fingerprint density at radius 3 is 2.57 bits per heavy atom. The van der Waals surface area contributed by atoms with Crippen molar-refractivity contribution in [3.63, 3.8) is 0 Å². The van der Waals surface area contributed by atoms with Gasteiger partial charge in [-0.05, 0) is 23.6 Å². The van der Waals surface area contributed by atoms with Gasteiger partial charge in [-0.25, -0.2) is 0 Å². The molecular formula is C16H26BrClN2O. The van der Waals surface area contributed by atoms with Crippen molar-refractivity contribution >= 4 is 34.2 Å². The molecule has 2 atom stereocenters. The first-order valence-electron chi connectivity index (χ1n) is 7.07. The van der Waals surface area contributed by atoms with Crippen molar-refractivity contribution < 1.29 is 4.79 Å². The van der Waals surface area contributed by atoms with Crippen LogP contribution in [0.25, 0.3) is 0 Å². The Hall–Kier alpha value is -0.580. The summed E-state index contributed by atoms with van der Waals surface area (Å²) in [7, 11) is 0. The molecule has 0 aromatic heterocycles. The molecule has 0 saturated carbocycles. The van der Waals surface area contributed by atoms with Crippen LogP contribution in [-0.4, -0.2) is 18.5 Å². The lowest BCUT2D eigenvalue weighted by Crippen LogP contribution is -2.47. The Bertz CT molecular complexity index is 465. The molecule has 0 radical (unpaired) electrons. The number of nitrogens with two attached hydrogens (primary N) is 1. The molecule has 21 heavy (non-hydrogen) atoms. The molecule has 0 bridgehead atoms.